The molecule has 6 nitrogen and oxygen atoms in total. The summed E-state index contributed by atoms with van der Waals surface area (Å²) in [5.74, 6) is 3.78. The van der Waals surface area contributed by atoms with Crippen LogP contribution in [0.2, 0.25) is 0 Å². The van der Waals surface area contributed by atoms with Crippen LogP contribution in [0.5, 0.6) is 0 Å². The maximum absolute atomic E-state index is 14.4. The molecule has 0 radical (unpaired) electrons. The van der Waals surface area contributed by atoms with Crippen molar-refractivity contribution >= 4 is 22.5 Å². The van der Waals surface area contributed by atoms with Crippen LogP contribution < -0.4 is 16.6 Å². The van der Waals surface area contributed by atoms with Gasteiger partial charge in [-0.15, -0.1) is 0 Å². The number of aromatic amines is 1. The molecule has 1 fully saturated rings. The molecule has 2 heterocycles. The molecule has 1 aliphatic heterocycles. The third-order valence-corrected chi connectivity index (χ3v) is 5.11. The topological polar surface area (TPSA) is 91.4 Å². The van der Waals surface area contributed by atoms with E-state index in [1.165, 1.54) is 30.5 Å². The highest BCUT2D eigenvalue weighted by molar-refractivity contribution is 6.02. The first-order valence-electron chi connectivity index (χ1n) is 9.42. The predicted octanol–water partition coefficient (Wildman–Crippen LogP) is 3.35. The number of hydrogen-bond donors (Lipinski definition) is 3. The number of hydrazine groups is 1. The van der Waals surface area contributed by atoms with E-state index < -0.39 is 17.5 Å². The lowest BCUT2D eigenvalue weighted by atomic mass is 10.1. The summed E-state index contributed by atoms with van der Waals surface area (Å²) in [7, 11) is 0. The highest BCUT2D eigenvalue weighted by Crippen LogP contribution is 2.38. The van der Waals surface area contributed by atoms with Crippen LogP contribution in [0.15, 0.2) is 48.3 Å². The third kappa shape index (κ3) is 3.59. The number of H-pyrrole nitrogens is 1. The Morgan fingerprint density at radius 2 is 1.73 bits per heavy atom. The van der Waals surface area contributed by atoms with E-state index in [2.05, 4.69) is 4.98 Å². The summed E-state index contributed by atoms with van der Waals surface area (Å²) < 4.78 is 41.7. The van der Waals surface area contributed by atoms with E-state index in [4.69, 9.17) is 11.6 Å². The number of halogens is 3. The monoisotopic (exact) mass is 415 g/mol. The second kappa shape index (κ2) is 7.75. The molecular weight excluding hydrogens is 395 g/mol. The minimum atomic E-state index is -0.807. The van der Waals surface area contributed by atoms with Gasteiger partial charge < -0.3 is 15.6 Å². The summed E-state index contributed by atoms with van der Waals surface area (Å²) in [5.41, 5.74) is 6.91. The van der Waals surface area contributed by atoms with Crippen LogP contribution in [-0.2, 0) is 4.79 Å². The number of carbonyl (C=O) groups excluding carboxylic acids is 1. The van der Waals surface area contributed by atoms with E-state index in [9.17, 15) is 18.0 Å². The van der Waals surface area contributed by atoms with Gasteiger partial charge >= 0.3 is 0 Å². The van der Waals surface area contributed by atoms with Crippen LogP contribution in [0.4, 0.5) is 18.9 Å². The van der Waals surface area contributed by atoms with Gasteiger partial charge in [0.2, 0.25) is 0 Å². The lowest BCUT2D eigenvalue weighted by Gasteiger charge is -2.19. The van der Waals surface area contributed by atoms with Crippen LogP contribution in [0.3, 0.4) is 0 Å². The minimum absolute atomic E-state index is 0.0269. The Balaban J connectivity index is 1.83. The number of amides is 1. The Bertz CT molecular complexity index is 1130. The summed E-state index contributed by atoms with van der Waals surface area (Å²) in [6, 6.07) is 7.32. The van der Waals surface area contributed by atoms with Gasteiger partial charge in [-0.25, -0.2) is 19.0 Å². The minimum Gasteiger partial charge on any atom is -0.393 e. The van der Waals surface area contributed by atoms with Gasteiger partial charge in [-0.1, -0.05) is 0 Å². The number of nitrogens with one attached hydrogen (secondary N) is 1. The lowest BCUT2D eigenvalue weighted by Crippen LogP contribution is -2.35. The summed E-state index contributed by atoms with van der Waals surface area (Å²) >= 11 is 0. The molecule has 156 valence electrons. The summed E-state index contributed by atoms with van der Waals surface area (Å²) in [6.45, 7) is 1.23. The molecule has 3 aromatic rings. The third-order valence-electron chi connectivity index (χ3n) is 5.11. The fourth-order valence-electron chi connectivity index (χ4n) is 3.67. The maximum Gasteiger partial charge on any atom is 0.271 e. The Morgan fingerprint density at radius 3 is 2.40 bits per heavy atom. The average molecular weight is 415 g/mol. The second-order valence-corrected chi connectivity index (χ2v) is 7.16. The Kier molecular flexibility index (Phi) is 5.13. The first-order valence-corrected chi connectivity index (χ1v) is 9.42. The molecule has 2 aromatic carbocycles. The first kappa shape index (κ1) is 19.8. The molecule has 0 spiro atoms. The zero-order valence-corrected chi connectivity index (χ0v) is 16.0. The zero-order chi connectivity index (χ0) is 21.4. The van der Waals surface area contributed by atoms with Gasteiger partial charge in [0.1, 0.15) is 23.1 Å². The Hall–Kier alpha value is -3.46. The molecule has 1 aliphatic rings. The van der Waals surface area contributed by atoms with Crippen molar-refractivity contribution in [2.75, 3.05) is 18.1 Å². The molecule has 1 aromatic heterocycles. The van der Waals surface area contributed by atoms with Gasteiger partial charge in [0.15, 0.2) is 0 Å². The van der Waals surface area contributed by atoms with E-state index in [1.54, 1.807) is 4.90 Å². The maximum atomic E-state index is 14.4. The fourth-order valence-corrected chi connectivity index (χ4v) is 3.67. The lowest BCUT2D eigenvalue weighted by molar-refractivity contribution is -0.126. The fraction of sp³-hybridized carbons (Fsp3) is 0.190. The predicted molar refractivity (Wildman–Crippen MR) is 108 cm³/mol. The number of hydrogen-bond acceptors (Lipinski definition) is 4. The van der Waals surface area contributed by atoms with E-state index in [-0.39, 0.29) is 28.2 Å². The Labute approximate surface area is 170 Å². The van der Waals surface area contributed by atoms with Crippen molar-refractivity contribution in [3.63, 3.8) is 0 Å². The molecule has 5 N–H and O–H groups in total. The number of fused-ring (bicyclic) bond motifs is 1. The van der Waals surface area contributed by atoms with Crippen LogP contribution in [0.1, 0.15) is 12.8 Å². The molecule has 0 atom stereocenters. The number of anilines is 1. The highest BCUT2D eigenvalue weighted by Gasteiger charge is 2.23. The van der Waals surface area contributed by atoms with Crippen molar-refractivity contribution in [3.05, 3.63) is 65.7 Å². The molecule has 0 bridgehead atoms. The van der Waals surface area contributed by atoms with E-state index >= 15 is 0 Å². The van der Waals surface area contributed by atoms with Gasteiger partial charge in [0, 0.05) is 30.1 Å². The van der Waals surface area contributed by atoms with Crippen LogP contribution in [0.25, 0.3) is 22.2 Å². The van der Waals surface area contributed by atoms with Crippen molar-refractivity contribution in [1.82, 2.24) is 9.88 Å². The molecule has 30 heavy (non-hydrogen) atoms. The van der Waals surface area contributed by atoms with Gasteiger partial charge in [0.05, 0.1) is 23.1 Å². The SMILES string of the molecule is N/C(=C\N(N)c1c(-c2ccc(F)cc2)[nH]c2c(F)cc(F)cc12)C(=O)N1CCCC1. The number of benzene rings is 2. The van der Waals surface area contributed by atoms with Crippen molar-refractivity contribution in [3.8, 4) is 11.3 Å². The molecule has 4 rings (SSSR count). The zero-order valence-electron chi connectivity index (χ0n) is 16.0. The largest absolute Gasteiger partial charge is 0.393 e. The van der Waals surface area contributed by atoms with Gasteiger partial charge in [-0.2, -0.15) is 0 Å². The van der Waals surface area contributed by atoms with Gasteiger partial charge in [-0.3, -0.25) is 9.80 Å². The molecular formula is C21H20F3N5O. The van der Waals surface area contributed by atoms with E-state index in [1.807, 2.05) is 0 Å². The van der Waals surface area contributed by atoms with Crippen LogP contribution in [0, 0.1) is 17.5 Å². The number of carbonyl (C=O) groups is 1. The number of likely N-dealkylation sites (tertiary alicyclic amines) is 1. The molecule has 0 saturated carbocycles. The normalized spacial score (nSPS) is 14.5. The van der Waals surface area contributed by atoms with Crippen LogP contribution >= 0.6 is 0 Å². The van der Waals surface area contributed by atoms with Crippen LogP contribution in [-0.4, -0.2) is 28.9 Å². The van der Waals surface area contributed by atoms with Crippen molar-refractivity contribution < 1.29 is 18.0 Å². The number of nitrogens with zero attached hydrogens (tertiary/aromatic N) is 2. The summed E-state index contributed by atoms with van der Waals surface area (Å²) in [5, 5.41) is 1.21. The average Bonchev–Trinajstić information content (AvgIpc) is 3.36. The van der Waals surface area contributed by atoms with E-state index in [0.29, 0.717) is 24.3 Å². The van der Waals surface area contributed by atoms with Gasteiger partial charge in [-0.05, 0) is 43.2 Å². The number of nitrogens with two attached hydrogens (primary N) is 2. The second-order valence-electron chi connectivity index (χ2n) is 7.16. The van der Waals surface area contributed by atoms with Crippen molar-refractivity contribution in [2.45, 2.75) is 12.8 Å². The Morgan fingerprint density at radius 1 is 1.07 bits per heavy atom. The molecule has 9 heteroatoms. The number of aromatic nitrogens is 1. The molecule has 1 saturated heterocycles. The van der Waals surface area contributed by atoms with Crippen molar-refractivity contribution in [1.29, 1.82) is 0 Å². The summed E-state index contributed by atoms with van der Waals surface area (Å²) in [4.78, 5) is 17.0. The summed E-state index contributed by atoms with van der Waals surface area (Å²) in [6.07, 6.45) is 3.03. The van der Waals surface area contributed by atoms with Gasteiger partial charge in [0.25, 0.3) is 5.91 Å². The quantitative estimate of drug-likeness (QED) is 0.346. The van der Waals surface area contributed by atoms with E-state index in [0.717, 1.165) is 30.0 Å². The smallest absolute Gasteiger partial charge is 0.271 e. The number of rotatable bonds is 4. The highest BCUT2D eigenvalue weighted by atomic mass is 19.1. The van der Waals surface area contributed by atoms with Crippen molar-refractivity contribution in [2.24, 2.45) is 11.6 Å². The first-order chi connectivity index (χ1) is 14.3. The molecule has 0 aliphatic carbocycles. The molecule has 1 amide bonds. The standard InChI is InChI=1S/C21H20F3N5O/c22-13-5-3-12(4-6-13)18-20(15-9-14(23)10-16(24)19(15)27-18)29(26)11-17(25)21(30)28-7-1-2-8-28/h3-6,9-11,27H,1-2,7-8,25-26H2/b17-11-. The molecule has 0 unspecified atom stereocenters.